The highest BCUT2D eigenvalue weighted by molar-refractivity contribution is 5.92. The Morgan fingerprint density at radius 2 is 2.11 bits per heavy atom. The second-order valence-electron chi connectivity index (χ2n) is 6.03. The highest BCUT2D eigenvalue weighted by atomic mass is 16.1. The molecule has 1 amide bonds. The Balaban J connectivity index is 1.48. The van der Waals surface area contributed by atoms with Gasteiger partial charge in [-0.3, -0.25) is 4.79 Å². The van der Waals surface area contributed by atoms with Crippen LogP contribution in [0.25, 0.3) is 0 Å². The van der Waals surface area contributed by atoms with Crippen LogP contribution in [0.5, 0.6) is 0 Å². The van der Waals surface area contributed by atoms with Crippen molar-refractivity contribution in [3.05, 3.63) is 29.8 Å². The van der Waals surface area contributed by atoms with E-state index in [0.29, 0.717) is 12.6 Å². The zero-order valence-corrected chi connectivity index (χ0v) is 11.5. The third-order valence-corrected chi connectivity index (χ3v) is 4.68. The van der Waals surface area contributed by atoms with Crippen LogP contribution >= 0.6 is 0 Å². The first kappa shape index (κ1) is 12.7. The number of amides is 1. The SMILES string of the molecule is Cc1ccccc1NC(=O)CNC1CC2CCC1C2. The molecule has 2 bridgehead atoms. The first-order valence-electron chi connectivity index (χ1n) is 7.31. The van der Waals surface area contributed by atoms with Crippen molar-refractivity contribution >= 4 is 11.6 Å². The van der Waals surface area contributed by atoms with E-state index in [1.54, 1.807) is 0 Å². The molecule has 0 aromatic heterocycles. The van der Waals surface area contributed by atoms with Gasteiger partial charge in [0.1, 0.15) is 0 Å². The van der Waals surface area contributed by atoms with Gasteiger partial charge in [-0.2, -0.15) is 0 Å². The maximum Gasteiger partial charge on any atom is 0.238 e. The van der Waals surface area contributed by atoms with Crippen molar-refractivity contribution in [3.8, 4) is 0 Å². The molecule has 3 rings (SSSR count). The minimum Gasteiger partial charge on any atom is -0.325 e. The van der Waals surface area contributed by atoms with Gasteiger partial charge in [-0.1, -0.05) is 24.6 Å². The summed E-state index contributed by atoms with van der Waals surface area (Å²) in [6.45, 7) is 2.45. The van der Waals surface area contributed by atoms with E-state index in [1.807, 2.05) is 31.2 Å². The summed E-state index contributed by atoms with van der Waals surface area (Å²) in [4.78, 5) is 12.0. The van der Waals surface area contributed by atoms with Gasteiger partial charge in [0.25, 0.3) is 0 Å². The van der Waals surface area contributed by atoms with Gasteiger partial charge in [0.15, 0.2) is 0 Å². The number of para-hydroxylation sites is 1. The molecular formula is C16H22N2O. The number of hydrogen-bond donors (Lipinski definition) is 2. The average Bonchev–Trinajstić information content (AvgIpc) is 3.01. The van der Waals surface area contributed by atoms with E-state index in [9.17, 15) is 4.79 Å². The highest BCUT2D eigenvalue weighted by Crippen LogP contribution is 2.44. The lowest BCUT2D eigenvalue weighted by Gasteiger charge is -2.22. The second kappa shape index (κ2) is 5.33. The molecule has 3 unspecified atom stereocenters. The van der Waals surface area contributed by atoms with E-state index in [1.165, 1.54) is 25.7 Å². The zero-order chi connectivity index (χ0) is 13.2. The monoisotopic (exact) mass is 258 g/mol. The van der Waals surface area contributed by atoms with Crippen molar-refractivity contribution in [2.75, 3.05) is 11.9 Å². The Labute approximate surface area is 114 Å². The Kier molecular flexibility index (Phi) is 3.56. The normalized spacial score (nSPS) is 28.6. The van der Waals surface area contributed by atoms with Gasteiger partial charge >= 0.3 is 0 Å². The van der Waals surface area contributed by atoms with Crippen molar-refractivity contribution in [1.82, 2.24) is 5.32 Å². The van der Waals surface area contributed by atoms with Crippen LogP contribution in [0.3, 0.4) is 0 Å². The summed E-state index contributed by atoms with van der Waals surface area (Å²) in [5.41, 5.74) is 2.03. The minimum absolute atomic E-state index is 0.0667. The molecule has 2 aliphatic rings. The molecule has 1 aromatic rings. The molecule has 0 saturated heterocycles. The number of carbonyl (C=O) groups excluding carboxylic acids is 1. The van der Waals surface area contributed by atoms with Crippen molar-refractivity contribution in [1.29, 1.82) is 0 Å². The Hall–Kier alpha value is -1.35. The lowest BCUT2D eigenvalue weighted by Crippen LogP contribution is -2.39. The molecule has 3 nitrogen and oxygen atoms in total. The largest absolute Gasteiger partial charge is 0.325 e. The molecule has 2 aliphatic carbocycles. The molecule has 2 fully saturated rings. The molecule has 3 atom stereocenters. The Bertz CT molecular complexity index is 472. The number of benzene rings is 1. The van der Waals surface area contributed by atoms with E-state index in [2.05, 4.69) is 10.6 Å². The number of rotatable bonds is 4. The van der Waals surface area contributed by atoms with Crippen molar-refractivity contribution in [2.45, 2.75) is 38.6 Å². The first-order valence-corrected chi connectivity index (χ1v) is 7.31. The fourth-order valence-electron chi connectivity index (χ4n) is 3.63. The molecule has 0 aliphatic heterocycles. The van der Waals surface area contributed by atoms with Gasteiger partial charge in [-0.25, -0.2) is 0 Å². The summed E-state index contributed by atoms with van der Waals surface area (Å²) in [6.07, 6.45) is 5.39. The molecule has 2 saturated carbocycles. The molecule has 3 heteroatoms. The van der Waals surface area contributed by atoms with Crippen LogP contribution in [0.1, 0.15) is 31.2 Å². The van der Waals surface area contributed by atoms with E-state index >= 15 is 0 Å². The molecular weight excluding hydrogens is 236 g/mol. The predicted octanol–water partition coefficient (Wildman–Crippen LogP) is 2.71. The number of carbonyl (C=O) groups is 1. The fourth-order valence-corrected chi connectivity index (χ4v) is 3.63. The topological polar surface area (TPSA) is 41.1 Å². The molecule has 19 heavy (non-hydrogen) atoms. The van der Waals surface area contributed by atoms with Crippen LogP contribution in [0.4, 0.5) is 5.69 Å². The predicted molar refractivity (Wildman–Crippen MR) is 77.0 cm³/mol. The van der Waals surface area contributed by atoms with Gasteiger partial charge in [-0.15, -0.1) is 0 Å². The molecule has 1 aromatic carbocycles. The third-order valence-electron chi connectivity index (χ3n) is 4.68. The van der Waals surface area contributed by atoms with E-state index in [4.69, 9.17) is 0 Å². The van der Waals surface area contributed by atoms with Crippen molar-refractivity contribution < 1.29 is 4.79 Å². The molecule has 2 N–H and O–H groups in total. The number of fused-ring (bicyclic) bond motifs is 2. The standard InChI is InChI=1S/C16H22N2O/c1-11-4-2-3-5-14(11)18-16(19)10-17-15-9-12-6-7-13(15)8-12/h2-5,12-13,15,17H,6-10H2,1H3,(H,18,19). The average molecular weight is 258 g/mol. The first-order chi connectivity index (χ1) is 9.22. The fraction of sp³-hybridized carbons (Fsp3) is 0.562. The van der Waals surface area contributed by atoms with E-state index < -0.39 is 0 Å². The lowest BCUT2D eigenvalue weighted by molar-refractivity contribution is -0.115. The maximum absolute atomic E-state index is 12.0. The van der Waals surface area contributed by atoms with Gasteiger partial charge in [0, 0.05) is 11.7 Å². The van der Waals surface area contributed by atoms with Crippen LogP contribution in [0.15, 0.2) is 24.3 Å². The third kappa shape index (κ3) is 2.81. The van der Waals surface area contributed by atoms with Crippen LogP contribution < -0.4 is 10.6 Å². The number of anilines is 1. The molecule has 0 heterocycles. The van der Waals surface area contributed by atoms with Crippen LogP contribution in [0.2, 0.25) is 0 Å². The van der Waals surface area contributed by atoms with Crippen molar-refractivity contribution in [3.63, 3.8) is 0 Å². The van der Waals surface area contributed by atoms with Crippen LogP contribution in [-0.4, -0.2) is 18.5 Å². The summed E-state index contributed by atoms with van der Waals surface area (Å²) in [7, 11) is 0. The zero-order valence-electron chi connectivity index (χ0n) is 11.5. The van der Waals surface area contributed by atoms with Gasteiger partial charge in [0.05, 0.1) is 6.54 Å². The molecule has 0 radical (unpaired) electrons. The Morgan fingerprint density at radius 3 is 2.79 bits per heavy atom. The summed E-state index contributed by atoms with van der Waals surface area (Å²) >= 11 is 0. The van der Waals surface area contributed by atoms with Crippen LogP contribution in [-0.2, 0) is 4.79 Å². The maximum atomic E-state index is 12.0. The smallest absolute Gasteiger partial charge is 0.238 e. The summed E-state index contributed by atoms with van der Waals surface area (Å²) < 4.78 is 0. The number of aryl methyl sites for hydroxylation is 1. The number of nitrogens with one attached hydrogen (secondary N) is 2. The quantitative estimate of drug-likeness (QED) is 0.872. The highest BCUT2D eigenvalue weighted by Gasteiger charge is 2.39. The number of hydrogen-bond acceptors (Lipinski definition) is 2. The lowest BCUT2D eigenvalue weighted by atomic mass is 9.95. The van der Waals surface area contributed by atoms with Crippen molar-refractivity contribution in [2.24, 2.45) is 11.8 Å². The van der Waals surface area contributed by atoms with Gasteiger partial charge in [0.2, 0.25) is 5.91 Å². The summed E-state index contributed by atoms with van der Waals surface area (Å²) in [6, 6.07) is 8.47. The van der Waals surface area contributed by atoms with E-state index in [-0.39, 0.29) is 5.91 Å². The van der Waals surface area contributed by atoms with Gasteiger partial charge in [-0.05, 0) is 49.7 Å². The van der Waals surface area contributed by atoms with E-state index in [0.717, 1.165) is 23.1 Å². The van der Waals surface area contributed by atoms with Crippen LogP contribution in [0, 0.1) is 18.8 Å². The summed E-state index contributed by atoms with van der Waals surface area (Å²) in [5, 5.41) is 6.42. The summed E-state index contributed by atoms with van der Waals surface area (Å²) in [5.74, 6) is 1.80. The molecule has 0 spiro atoms. The van der Waals surface area contributed by atoms with Gasteiger partial charge < -0.3 is 10.6 Å². The second-order valence-corrected chi connectivity index (χ2v) is 6.03. The molecule has 102 valence electrons. The Morgan fingerprint density at radius 1 is 1.26 bits per heavy atom. The minimum atomic E-state index is 0.0667.